The molecule has 2 aliphatic heterocycles. The summed E-state index contributed by atoms with van der Waals surface area (Å²) in [6, 6.07) is -0.0261. The minimum atomic E-state index is -0.0261. The van der Waals surface area contributed by atoms with Gasteiger partial charge in [0.2, 0.25) is 0 Å². The number of nitrogens with zero attached hydrogens (tertiary/aromatic N) is 1. The van der Waals surface area contributed by atoms with E-state index in [0.29, 0.717) is 12.5 Å². The largest absolute Gasteiger partial charge is 0.306 e. The van der Waals surface area contributed by atoms with E-state index < -0.39 is 0 Å². The van der Waals surface area contributed by atoms with Gasteiger partial charge >= 0.3 is 0 Å². The molecule has 2 fully saturated rings. The highest BCUT2D eigenvalue weighted by molar-refractivity contribution is 5.81. The molecule has 4 nitrogen and oxygen atoms in total. The second-order valence-corrected chi connectivity index (χ2v) is 4.18. The van der Waals surface area contributed by atoms with Gasteiger partial charge in [-0.15, -0.1) is 0 Å². The van der Waals surface area contributed by atoms with Crippen molar-refractivity contribution in [1.82, 2.24) is 10.4 Å². The molecule has 80 valence electrons. The summed E-state index contributed by atoms with van der Waals surface area (Å²) in [6.07, 6.45) is 3.27. The summed E-state index contributed by atoms with van der Waals surface area (Å²) in [6.45, 7) is 4.52. The van der Waals surface area contributed by atoms with Gasteiger partial charge in [0.15, 0.2) is 0 Å². The van der Waals surface area contributed by atoms with Crippen molar-refractivity contribution in [3.05, 3.63) is 0 Å². The summed E-state index contributed by atoms with van der Waals surface area (Å²) in [4.78, 5) is 17.2. The van der Waals surface area contributed by atoms with E-state index in [9.17, 15) is 4.79 Å². The lowest BCUT2D eigenvalue weighted by molar-refractivity contribution is -0.173. The first kappa shape index (κ1) is 9.93. The Hall–Kier alpha value is -0.610. The Bertz CT molecular complexity index is 214. The quantitative estimate of drug-likeness (QED) is 0.668. The molecule has 2 atom stereocenters. The minimum Gasteiger partial charge on any atom is -0.306 e. The first-order valence-electron chi connectivity index (χ1n) is 5.47. The zero-order chi connectivity index (χ0) is 9.97. The summed E-state index contributed by atoms with van der Waals surface area (Å²) in [5.74, 6) is 0.551. The van der Waals surface area contributed by atoms with Crippen LogP contribution in [0.25, 0.3) is 0 Å². The van der Waals surface area contributed by atoms with Crippen molar-refractivity contribution in [3.63, 3.8) is 0 Å². The first-order chi connectivity index (χ1) is 6.79. The summed E-state index contributed by atoms with van der Waals surface area (Å²) in [5, 5.41) is 4.80. The van der Waals surface area contributed by atoms with E-state index >= 15 is 0 Å². The summed E-state index contributed by atoms with van der Waals surface area (Å²) in [5.41, 5.74) is 0. The van der Waals surface area contributed by atoms with Crippen LogP contribution in [0.3, 0.4) is 0 Å². The number of hydrogen-bond donors (Lipinski definition) is 1. The van der Waals surface area contributed by atoms with Gasteiger partial charge in [0, 0.05) is 0 Å². The van der Waals surface area contributed by atoms with Crippen LogP contribution in [0, 0.1) is 5.92 Å². The molecular weight excluding hydrogens is 180 g/mol. The van der Waals surface area contributed by atoms with Crippen LogP contribution in [-0.4, -0.2) is 36.7 Å². The number of rotatable bonds is 1. The molecule has 2 saturated heterocycles. The normalized spacial score (nSPS) is 33.4. The van der Waals surface area contributed by atoms with Crippen LogP contribution in [0.1, 0.15) is 26.2 Å². The summed E-state index contributed by atoms with van der Waals surface area (Å²) >= 11 is 0. The fourth-order valence-electron chi connectivity index (χ4n) is 2.16. The fourth-order valence-corrected chi connectivity index (χ4v) is 2.16. The molecule has 0 bridgehead atoms. The van der Waals surface area contributed by atoms with Crippen molar-refractivity contribution in [2.45, 2.75) is 32.2 Å². The number of hydroxylamine groups is 2. The molecule has 2 rings (SSSR count). The Morgan fingerprint density at radius 1 is 1.50 bits per heavy atom. The molecule has 0 aromatic rings. The van der Waals surface area contributed by atoms with Crippen molar-refractivity contribution < 1.29 is 9.63 Å². The highest BCUT2D eigenvalue weighted by atomic mass is 16.7. The van der Waals surface area contributed by atoms with Crippen molar-refractivity contribution in [2.75, 3.05) is 19.7 Å². The first-order valence-corrected chi connectivity index (χ1v) is 5.47. The second-order valence-electron chi connectivity index (χ2n) is 4.18. The van der Waals surface area contributed by atoms with Crippen LogP contribution in [0.5, 0.6) is 0 Å². The maximum atomic E-state index is 11.9. The lowest BCUT2D eigenvalue weighted by Crippen LogP contribution is -2.51. The molecule has 2 aliphatic rings. The smallest absolute Gasteiger partial charge is 0.263 e. The SMILES string of the molecule is CC1CCCNC1C(=O)N1CCCO1. The summed E-state index contributed by atoms with van der Waals surface area (Å²) in [7, 11) is 0. The topological polar surface area (TPSA) is 41.6 Å². The highest BCUT2D eigenvalue weighted by Gasteiger charge is 2.32. The highest BCUT2D eigenvalue weighted by Crippen LogP contribution is 2.18. The maximum Gasteiger partial charge on any atom is 0.263 e. The molecule has 0 aromatic carbocycles. The maximum absolute atomic E-state index is 11.9. The average molecular weight is 198 g/mol. The lowest BCUT2D eigenvalue weighted by Gasteiger charge is -2.31. The molecule has 2 heterocycles. The van der Waals surface area contributed by atoms with Gasteiger partial charge in [-0.1, -0.05) is 6.92 Å². The predicted molar refractivity (Wildman–Crippen MR) is 52.5 cm³/mol. The van der Waals surface area contributed by atoms with E-state index in [0.717, 1.165) is 25.9 Å². The van der Waals surface area contributed by atoms with Gasteiger partial charge in [0.1, 0.15) is 0 Å². The lowest BCUT2D eigenvalue weighted by atomic mass is 9.92. The fraction of sp³-hybridized carbons (Fsp3) is 0.900. The van der Waals surface area contributed by atoms with Crippen LogP contribution in [0.2, 0.25) is 0 Å². The van der Waals surface area contributed by atoms with E-state index in [1.54, 1.807) is 0 Å². The van der Waals surface area contributed by atoms with Crippen molar-refractivity contribution in [3.8, 4) is 0 Å². The third kappa shape index (κ3) is 1.91. The zero-order valence-corrected chi connectivity index (χ0v) is 8.66. The molecule has 1 amide bonds. The van der Waals surface area contributed by atoms with Crippen LogP contribution in [-0.2, 0) is 9.63 Å². The molecule has 2 unspecified atom stereocenters. The van der Waals surface area contributed by atoms with Crippen LogP contribution in [0.4, 0.5) is 0 Å². The Balaban J connectivity index is 1.94. The number of piperidine rings is 1. The van der Waals surface area contributed by atoms with E-state index in [-0.39, 0.29) is 11.9 Å². The van der Waals surface area contributed by atoms with Crippen molar-refractivity contribution >= 4 is 5.91 Å². The van der Waals surface area contributed by atoms with Crippen LogP contribution < -0.4 is 5.32 Å². The number of carbonyl (C=O) groups excluding carboxylic acids is 1. The molecule has 14 heavy (non-hydrogen) atoms. The number of amides is 1. The molecule has 1 N–H and O–H groups in total. The monoisotopic (exact) mass is 198 g/mol. The van der Waals surface area contributed by atoms with Crippen LogP contribution >= 0.6 is 0 Å². The Morgan fingerprint density at radius 3 is 3.00 bits per heavy atom. The predicted octanol–water partition coefficient (Wildman–Crippen LogP) is 0.538. The van der Waals surface area contributed by atoms with E-state index in [4.69, 9.17) is 4.84 Å². The Labute approximate surface area is 84.6 Å². The molecule has 0 spiro atoms. The summed E-state index contributed by atoms with van der Waals surface area (Å²) < 4.78 is 0. The zero-order valence-electron chi connectivity index (χ0n) is 8.66. The molecule has 0 aromatic heterocycles. The van der Waals surface area contributed by atoms with Gasteiger partial charge < -0.3 is 5.32 Å². The minimum absolute atomic E-state index is 0.0261. The molecule has 0 aliphatic carbocycles. The number of carbonyl (C=O) groups is 1. The second kappa shape index (κ2) is 4.28. The third-order valence-electron chi connectivity index (χ3n) is 3.03. The van der Waals surface area contributed by atoms with Crippen molar-refractivity contribution in [1.29, 1.82) is 0 Å². The van der Waals surface area contributed by atoms with E-state index in [2.05, 4.69) is 12.2 Å². The van der Waals surface area contributed by atoms with Gasteiger partial charge in [-0.25, -0.2) is 5.06 Å². The molecule has 0 saturated carbocycles. The average Bonchev–Trinajstić information content (AvgIpc) is 2.70. The standard InChI is InChI=1S/C10H18N2O2/c1-8-4-2-5-11-9(8)10(13)12-6-3-7-14-12/h8-9,11H,2-7H2,1H3. The van der Waals surface area contributed by atoms with Gasteiger partial charge in [-0.3, -0.25) is 9.63 Å². The van der Waals surface area contributed by atoms with Crippen LogP contribution in [0.15, 0.2) is 0 Å². The van der Waals surface area contributed by atoms with Gasteiger partial charge in [-0.2, -0.15) is 0 Å². The Morgan fingerprint density at radius 2 is 2.36 bits per heavy atom. The van der Waals surface area contributed by atoms with Gasteiger partial charge in [0.25, 0.3) is 5.91 Å². The van der Waals surface area contributed by atoms with E-state index in [1.165, 1.54) is 11.5 Å². The van der Waals surface area contributed by atoms with Gasteiger partial charge in [0.05, 0.1) is 19.2 Å². The third-order valence-corrected chi connectivity index (χ3v) is 3.03. The number of hydrogen-bond acceptors (Lipinski definition) is 3. The molecule has 0 radical (unpaired) electrons. The number of nitrogens with one attached hydrogen (secondary N) is 1. The van der Waals surface area contributed by atoms with Gasteiger partial charge in [-0.05, 0) is 31.7 Å². The Kier molecular flexibility index (Phi) is 3.03. The van der Waals surface area contributed by atoms with E-state index in [1.807, 2.05) is 0 Å². The molecular formula is C10H18N2O2. The molecule has 4 heteroatoms. The van der Waals surface area contributed by atoms with Crippen molar-refractivity contribution in [2.24, 2.45) is 5.92 Å².